The number of rotatable bonds is 5. The Morgan fingerprint density at radius 3 is 2.54 bits per heavy atom. The number of carbonyl (C=O) groups excluding carboxylic acids is 1. The van der Waals surface area contributed by atoms with Gasteiger partial charge in [0.25, 0.3) is 0 Å². The van der Waals surface area contributed by atoms with E-state index < -0.39 is 11.7 Å². The average molecular weight is 338 g/mol. The predicted octanol–water partition coefficient (Wildman–Crippen LogP) is 2.36. The molecular weight excluding hydrogens is 311 g/mol. The largest absolute Gasteiger partial charge is 0.444 e. The Labute approximate surface area is 143 Å². The first-order chi connectivity index (χ1) is 11.2. The molecule has 0 aromatic heterocycles. The minimum absolute atomic E-state index is 0.259. The fraction of sp³-hybridized carbons (Fsp3) is 0.529. The number of alkyl carbamates (subject to hydrolysis) is 1. The van der Waals surface area contributed by atoms with Crippen molar-refractivity contribution in [2.24, 2.45) is 4.99 Å². The van der Waals surface area contributed by atoms with E-state index in [1.54, 1.807) is 13.1 Å². The third kappa shape index (κ3) is 7.80. The van der Waals surface area contributed by atoms with E-state index in [0.717, 1.165) is 5.56 Å². The molecule has 0 heterocycles. The van der Waals surface area contributed by atoms with Gasteiger partial charge in [0.2, 0.25) is 0 Å². The molecule has 0 spiro atoms. The summed E-state index contributed by atoms with van der Waals surface area (Å²) in [5.41, 5.74) is 0.339. The molecular formula is C17H27FN4O2. The van der Waals surface area contributed by atoms with Crippen molar-refractivity contribution in [2.75, 3.05) is 27.2 Å². The van der Waals surface area contributed by atoms with Crippen LogP contribution in [0.4, 0.5) is 9.18 Å². The molecule has 134 valence electrons. The molecule has 0 unspecified atom stereocenters. The molecule has 0 bridgehead atoms. The van der Waals surface area contributed by atoms with Crippen LogP contribution in [0, 0.1) is 5.82 Å². The second-order valence-corrected chi connectivity index (χ2v) is 6.39. The Bertz CT molecular complexity index is 570. The molecule has 0 saturated heterocycles. The van der Waals surface area contributed by atoms with Crippen molar-refractivity contribution < 1.29 is 13.9 Å². The number of nitrogens with one attached hydrogen (secondary N) is 2. The van der Waals surface area contributed by atoms with Crippen LogP contribution in [0.15, 0.2) is 29.3 Å². The maximum atomic E-state index is 13.2. The highest BCUT2D eigenvalue weighted by atomic mass is 19.1. The second kappa shape index (κ2) is 9.10. The standard InChI is InChI=1S/C17H27FN4O2/c1-17(2,3)24-16(23)21-10-9-20-15(19-4)22(5)12-13-7-6-8-14(18)11-13/h6-8,11H,9-10,12H2,1-5H3,(H,19,20)(H,21,23). The van der Waals surface area contributed by atoms with Crippen LogP contribution in [0.2, 0.25) is 0 Å². The van der Waals surface area contributed by atoms with Crippen LogP contribution in [0.3, 0.4) is 0 Å². The van der Waals surface area contributed by atoms with E-state index in [9.17, 15) is 9.18 Å². The van der Waals surface area contributed by atoms with Gasteiger partial charge >= 0.3 is 6.09 Å². The zero-order valence-electron chi connectivity index (χ0n) is 15.0. The average Bonchev–Trinajstić information content (AvgIpc) is 2.45. The molecule has 0 saturated carbocycles. The van der Waals surface area contributed by atoms with E-state index in [-0.39, 0.29) is 5.82 Å². The van der Waals surface area contributed by atoms with Gasteiger partial charge in [-0.2, -0.15) is 0 Å². The van der Waals surface area contributed by atoms with Gasteiger partial charge in [-0.05, 0) is 38.5 Å². The molecule has 1 aromatic carbocycles. The van der Waals surface area contributed by atoms with Crippen LogP contribution in [0.1, 0.15) is 26.3 Å². The molecule has 6 nitrogen and oxygen atoms in total. The molecule has 0 atom stereocenters. The fourth-order valence-electron chi connectivity index (χ4n) is 2.02. The maximum Gasteiger partial charge on any atom is 0.407 e. The van der Waals surface area contributed by atoms with Gasteiger partial charge in [0, 0.05) is 33.7 Å². The molecule has 24 heavy (non-hydrogen) atoms. The third-order valence-electron chi connectivity index (χ3n) is 2.96. The Hall–Kier alpha value is -2.31. The first-order valence-electron chi connectivity index (χ1n) is 7.84. The first-order valence-corrected chi connectivity index (χ1v) is 7.84. The summed E-state index contributed by atoms with van der Waals surface area (Å²) in [6.45, 7) is 6.87. The quantitative estimate of drug-likeness (QED) is 0.491. The van der Waals surface area contributed by atoms with Gasteiger partial charge < -0.3 is 20.3 Å². The number of halogens is 1. The van der Waals surface area contributed by atoms with Gasteiger partial charge in [-0.3, -0.25) is 4.99 Å². The lowest BCUT2D eigenvalue weighted by molar-refractivity contribution is 0.0529. The van der Waals surface area contributed by atoms with Gasteiger partial charge in [0.05, 0.1) is 0 Å². The SMILES string of the molecule is CN=C(NCCNC(=O)OC(C)(C)C)N(C)Cc1cccc(F)c1. The molecule has 1 aromatic rings. The monoisotopic (exact) mass is 338 g/mol. The van der Waals surface area contributed by atoms with E-state index in [2.05, 4.69) is 15.6 Å². The zero-order chi connectivity index (χ0) is 18.2. The highest BCUT2D eigenvalue weighted by Gasteiger charge is 2.15. The smallest absolute Gasteiger partial charge is 0.407 e. The highest BCUT2D eigenvalue weighted by Crippen LogP contribution is 2.07. The molecule has 0 aliphatic heterocycles. The number of benzene rings is 1. The summed E-state index contributed by atoms with van der Waals surface area (Å²) in [5, 5.41) is 5.80. The molecule has 7 heteroatoms. The lowest BCUT2D eigenvalue weighted by atomic mass is 10.2. The van der Waals surface area contributed by atoms with Crippen molar-refractivity contribution in [3.05, 3.63) is 35.6 Å². The van der Waals surface area contributed by atoms with Crippen LogP contribution in [0.25, 0.3) is 0 Å². The van der Waals surface area contributed by atoms with Crippen LogP contribution in [0.5, 0.6) is 0 Å². The van der Waals surface area contributed by atoms with Crippen LogP contribution >= 0.6 is 0 Å². The van der Waals surface area contributed by atoms with E-state index in [0.29, 0.717) is 25.6 Å². The van der Waals surface area contributed by atoms with Gasteiger partial charge in [-0.1, -0.05) is 12.1 Å². The number of hydrogen-bond acceptors (Lipinski definition) is 3. The first kappa shape index (κ1) is 19.7. The van der Waals surface area contributed by atoms with E-state index >= 15 is 0 Å². The number of ether oxygens (including phenoxy) is 1. The molecule has 0 aliphatic carbocycles. The summed E-state index contributed by atoms with van der Waals surface area (Å²) < 4.78 is 18.4. The summed E-state index contributed by atoms with van der Waals surface area (Å²) in [6, 6.07) is 6.45. The van der Waals surface area contributed by atoms with Crippen molar-refractivity contribution in [2.45, 2.75) is 32.9 Å². The maximum absolute atomic E-state index is 13.2. The van der Waals surface area contributed by atoms with E-state index in [1.807, 2.05) is 38.8 Å². The van der Waals surface area contributed by atoms with Crippen molar-refractivity contribution in [1.82, 2.24) is 15.5 Å². The topological polar surface area (TPSA) is 66.0 Å². The summed E-state index contributed by atoms with van der Waals surface area (Å²) in [7, 11) is 3.53. The lowest BCUT2D eigenvalue weighted by Crippen LogP contribution is -2.43. The molecule has 1 amide bonds. The van der Waals surface area contributed by atoms with E-state index in [4.69, 9.17) is 4.74 Å². The third-order valence-corrected chi connectivity index (χ3v) is 2.96. The molecule has 0 radical (unpaired) electrons. The summed E-state index contributed by atoms with van der Waals surface area (Å²) in [6.07, 6.45) is -0.451. The predicted molar refractivity (Wildman–Crippen MR) is 93.5 cm³/mol. The number of nitrogens with zero attached hydrogens (tertiary/aromatic N) is 2. The van der Waals surface area contributed by atoms with E-state index in [1.165, 1.54) is 12.1 Å². The summed E-state index contributed by atoms with van der Waals surface area (Å²) in [5.74, 6) is 0.399. The molecule has 0 fully saturated rings. The molecule has 0 aliphatic rings. The van der Waals surface area contributed by atoms with Crippen molar-refractivity contribution in [3.63, 3.8) is 0 Å². The Kier molecular flexibility index (Phi) is 7.48. The molecule has 2 N–H and O–H groups in total. The molecule has 1 rings (SSSR count). The number of guanidine groups is 1. The fourth-order valence-corrected chi connectivity index (χ4v) is 2.02. The van der Waals surface area contributed by atoms with Gasteiger partial charge in [0.15, 0.2) is 5.96 Å². The zero-order valence-corrected chi connectivity index (χ0v) is 15.0. The minimum atomic E-state index is -0.515. The van der Waals surface area contributed by atoms with Crippen molar-refractivity contribution >= 4 is 12.1 Å². The number of aliphatic imine (C=N–C) groups is 1. The van der Waals surface area contributed by atoms with Crippen molar-refractivity contribution in [3.8, 4) is 0 Å². The van der Waals surface area contributed by atoms with Crippen molar-refractivity contribution in [1.29, 1.82) is 0 Å². The van der Waals surface area contributed by atoms with Gasteiger partial charge in [-0.25, -0.2) is 9.18 Å². The normalized spacial score (nSPS) is 11.8. The summed E-state index contributed by atoms with van der Waals surface area (Å²) >= 11 is 0. The number of amides is 1. The van der Waals surface area contributed by atoms with Crippen LogP contribution < -0.4 is 10.6 Å². The Balaban J connectivity index is 2.38. The van der Waals surface area contributed by atoms with Crippen LogP contribution in [-0.2, 0) is 11.3 Å². The Morgan fingerprint density at radius 1 is 1.29 bits per heavy atom. The van der Waals surface area contributed by atoms with Gasteiger partial charge in [0.1, 0.15) is 11.4 Å². The van der Waals surface area contributed by atoms with Gasteiger partial charge in [-0.15, -0.1) is 0 Å². The number of carbonyl (C=O) groups is 1. The number of hydrogen-bond donors (Lipinski definition) is 2. The summed E-state index contributed by atoms with van der Waals surface area (Å²) in [4.78, 5) is 17.6. The highest BCUT2D eigenvalue weighted by molar-refractivity contribution is 5.79. The second-order valence-electron chi connectivity index (χ2n) is 6.39. The van der Waals surface area contributed by atoms with Crippen LogP contribution in [-0.4, -0.2) is 49.7 Å². The Morgan fingerprint density at radius 2 is 1.96 bits per heavy atom. The minimum Gasteiger partial charge on any atom is -0.444 e. The lowest BCUT2D eigenvalue weighted by Gasteiger charge is -2.23.